The van der Waals surface area contributed by atoms with Crippen molar-refractivity contribution in [1.82, 2.24) is 9.13 Å². The van der Waals surface area contributed by atoms with E-state index in [0.29, 0.717) is 5.71 Å². The number of hydrogen-bond donors (Lipinski definition) is 0. The van der Waals surface area contributed by atoms with Crippen LogP contribution < -0.4 is 11.2 Å². The summed E-state index contributed by atoms with van der Waals surface area (Å²) in [6.45, 7) is 11.7. The molecule has 35 heavy (non-hydrogen) atoms. The molecule has 192 valence electrons. The molecule has 0 N–H and O–H groups in total. The van der Waals surface area contributed by atoms with E-state index in [2.05, 4.69) is 10.2 Å². The number of hydrogen-bond acceptors (Lipinski definition) is 5. The summed E-state index contributed by atoms with van der Waals surface area (Å²) in [7, 11) is 2.10. The van der Waals surface area contributed by atoms with Crippen molar-refractivity contribution < 1.29 is 22.3 Å². The number of rotatable bonds is 3. The molecule has 0 amide bonds. The Morgan fingerprint density at radius 1 is 0.971 bits per heavy atom. The first-order valence-electron chi connectivity index (χ1n) is 10.4. The summed E-state index contributed by atoms with van der Waals surface area (Å²) < 4.78 is 60.1. The number of ether oxygens (including phenoxy) is 1. The molecule has 0 aliphatic rings. The van der Waals surface area contributed by atoms with Crippen LogP contribution in [-0.2, 0) is 18.0 Å². The summed E-state index contributed by atoms with van der Waals surface area (Å²) in [5.41, 5.74) is -4.89. The van der Waals surface area contributed by atoms with Gasteiger partial charge in [0.1, 0.15) is 11.5 Å². The van der Waals surface area contributed by atoms with E-state index in [1.165, 1.54) is 7.11 Å². The Balaban J connectivity index is 2.82. The fraction of sp³-hybridized carbons (Fsp3) is 0.478. The Bertz CT molecular complexity index is 1290. The molecule has 0 spiro atoms. The molecule has 2 rings (SSSR count). The van der Waals surface area contributed by atoms with E-state index in [4.69, 9.17) is 16.3 Å². The van der Waals surface area contributed by atoms with Crippen LogP contribution in [0.5, 0.6) is 0 Å². The predicted octanol–water partition coefficient (Wildman–Crippen LogP) is 5.19. The van der Waals surface area contributed by atoms with Crippen molar-refractivity contribution in [2.45, 2.75) is 47.7 Å². The lowest BCUT2D eigenvalue weighted by molar-refractivity contribution is -0.144. The van der Waals surface area contributed by atoms with Crippen LogP contribution in [0.25, 0.3) is 5.69 Å². The highest BCUT2D eigenvalue weighted by atomic mass is 35.5. The highest BCUT2D eigenvalue weighted by Gasteiger charge is 2.35. The van der Waals surface area contributed by atoms with Gasteiger partial charge in [-0.05, 0) is 12.1 Å². The van der Waals surface area contributed by atoms with E-state index in [9.17, 15) is 27.2 Å². The van der Waals surface area contributed by atoms with Gasteiger partial charge in [0.25, 0.3) is 5.56 Å². The van der Waals surface area contributed by atoms with Crippen LogP contribution in [0.1, 0.15) is 52.8 Å². The van der Waals surface area contributed by atoms with Gasteiger partial charge < -0.3 is 4.74 Å². The topological polar surface area (TPSA) is 78.0 Å². The van der Waals surface area contributed by atoms with E-state index in [-0.39, 0.29) is 42.5 Å². The molecule has 2 aromatic rings. The van der Waals surface area contributed by atoms with E-state index in [1.807, 2.05) is 41.5 Å². The molecule has 0 unspecified atom stereocenters. The van der Waals surface area contributed by atoms with Gasteiger partial charge in [-0.1, -0.05) is 53.1 Å². The highest BCUT2D eigenvalue weighted by Crippen LogP contribution is 2.31. The van der Waals surface area contributed by atoms with Crippen LogP contribution in [0.2, 0.25) is 5.02 Å². The monoisotopic (exact) mass is 518 g/mol. The maximum Gasteiger partial charge on any atom is 0.431 e. The van der Waals surface area contributed by atoms with Gasteiger partial charge in [0, 0.05) is 23.9 Å². The Morgan fingerprint density at radius 3 is 1.97 bits per heavy atom. The van der Waals surface area contributed by atoms with Gasteiger partial charge in [0.2, 0.25) is 5.90 Å². The van der Waals surface area contributed by atoms with E-state index in [1.54, 1.807) is 0 Å². The van der Waals surface area contributed by atoms with E-state index < -0.39 is 34.6 Å². The second-order valence-corrected chi connectivity index (χ2v) is 10.3. The standard InChI is InChI=1S/C23H27ClF4N4O3/c1-21(2,3)19(22(4,5)6)30-29-18(35-8)12-9-15(14(25)10-13(12)24)32-17(33)11-16(23(26,27)28)31(7)20(32)34/h9-11H,1-8H3/b29-18-. The van der Waals surface area contributed by atoms with Crippen LogP contribution in [0.3, 0.4) is 0 Å². The number of aromatic nitrogens is 2. The zero-order chi connectivity index (χ0) is 27.1. The molecule has 0 aliphatic heterocycles. The molecule has 0 saturated carbocycles. The third kappa shape index (κ3) is 6.01. The summed E-state index contributed by atoms with van der Waals surface area (Å²) in [4.78, 5) is 25.1. The first-order chi connectivity index (χ1) is 15.8. The maximum atomic E-state index is 14.8. The van der Waals surface area contributed by atoms with Gasteiger partial charge in [0.05, 0.1) is 29.1 Å². The van der Waals surface area contributed by atoms with Crippen LogP contribution >= 0.6 is 11.6 Å². The van der Waals surface area contributed by atoms with Gasteiger partial charge in [0.15, 0.2) is 0 Å². The van der Waals surface area contributed by atoms with Gasteiger partial charge >= 0.3 is 11.9 Å². The second kappa shape index (κ2) is 9.60. The van der Waals surface area contributed by atoms with Gasteiger partial charge in [-0.2, -0.15) is 18.3 Å². The highest BCUT2D eigenvalue weighted by molar-refractivity contribution is 6.34. The van der Waals surface area contributed by atoms with Crippen molar-refractivity contribution >= 4 is 23.2 Å². The average molecular weight is 519 g/mol. The van der Waals surface area contributed by atoms with Gasteiger partial charge in [-0.3, -0.25) is 9.36 Å². The van der Waals surface area contributed by atoms with Crippen molar-refractivity contribution in [2.75, 3.05) is 7.11 Å². The largest absolute Gasteiger partial charge is 0.479 e. The van der Waals surface area contributed by atoms with Crippen molar-refractivity contribution in [3.8, 4) is 5.69 Å². The molecular formula is C23H27ClF4N4O3. The SMILES string of the molecule is CO/C(=N\N=C(C(C)(C)C)C(C)(C)C)c1cc(-n2c(=O)cc(C(F)(F)F)n(C)c2=O)c(F)cc1Cl. The fourth-order valence-corrected chi connectivity index (χ4v) is 3.95. The van der Waals surface area contributed by atoms with Crippen LogP contribution in [0, 0.1) is 16.6 Å². The first-order valence-corrected chi connectivity index (χ1v) is 10.8. The minimum atomic E-state index is -4.96. The molecule has 1 aromatic heterocycles. The summed E-state index contributed by atoms with van der Waals surface area (Å²) in [6.07, 6.45) is -4.96. The summed E-state index contributed by atoms with van der Waals surface area (Å²) in [5, 5.41) is 8.30. The Hall–Kier alpha value is -2.95. The smallest absolute Gasteiger partial charge is 0.431 e. The minimum Gasteiger partial charge on any atom is -0.479 e. The Morgan fingerprint density at radius 2 is 1.51 bits per heavy atom. The summed E-state index contributed by atoms with van der Waals surface area (Å²) >= 11 is 6.18. The quantitative estimate of drug-likeness (QED) is 0.243. The van der Waals surface area contributed by atoms with Gasteiger partial charge in [-0.25, -0.2) is 13.8 Å². The van der Waals surface area contributed by atoms with Crippen molar-refractivity contribution in [2.24, 2.45) is 28.1 Å². The molecule has 0 radical (unpaired) electrons. The average Bonchev–Trinajstić information content (AvgIpc) is 2.67. The number of methoxy groups -OCH3 is 1. The predicted molar refractivity (Wildman–Crippen MR) is 127 cm³/mol. The van der Waals surface area contributed by atoms with Crippen LogP contribution in [-0.4, -0.2) is 27.9 Å². The van der Waals surface area contributed by atoms with Crippen molar-refractivity contribution in [1.29, 1.82) is 0 Å². The van der Waals surface area contributed by atoms with Gasteiger partial charge in [-0.15, -0.1) is 5.10 Å². The normalized spacial score (nSPS) is 13.1. The van der Waals surface area contributed by atoms with Crippen LogP contribution in [0.4, 0.5) is 17.6 Å². The maximum absolute atomic E-state index is 14.8. The molecular weight excluding hydrogens is 492 g/mol. The molecule has 0 atom stereocenters. The lowest BCUT2D eigenvalue weighted by atomic mass is 9.75. The molecule has 12 heteroatoms. The first kappa shape index (κ1) is 28.3. The molecule has 7 nitrogen and oxygen atoms in total. The lowest BCUT2D eigenvalue weighted by Gasteiger charge is -2.31. The number of benzene rings is 1. The fourth-order valence-electron chi connectivity index (χ4n) is 3.72. The number of nitrogens with zero attached hydrogens (tertiary/aromatic N) is 4. The molecule has 0 saturated heterocycles. The zero-order valence-electron chi connectivity index (χ0n) is 20.6. The molecule has 0 fully saturated rings. The minimum absolute atomic E-state index is 0.0228. The summed E-state index contributed by atoms with van der Waals surface area (Å²) in [5.74, 6) is -1.26. The third-order valence-electron chi connectivity index (χ3n) is 4.97. The second-order valence-electron chi connectivity index (χ2n) is 9.88. The molecule has 0 bridgehead atoms. The lowest BCUT2D eigenvalue weighted by Crippen LogP contribution is -2.41. The Kier molecular flexibility index (Phi) is 7.76. The number of alkyl halides is 3. The Labute approximate surface area is 204 Å². The van der Waals surface area contributed by atoms with Crippen molar-refractivity contribution in [3.63, 3.8) is 0 Å². The van der Waals surface area contributed by atoms with Crippen molar-refractivity contribution in [3.05, 3.63) is 61.1 Å². The molecule has 1 heterocycles. The summed E-state index contributed by atoms with van der Waals surface area (Å²) in [6, 6.07) is 2.02. The molecule has 0 aliphatic carbocycles. The van der Waals surface area contributed by atoms with E-state index >= 15 is 0 Å². The zero-order valence-corrected chi connectivity index (χ0v) is 21.4. The van der Waals surface area contributed by atoms with Crippen LogP contribution in [0.15, 0.2) is 38.0 Å². The number of halogens is 5. The molecule has 1 aromatic carbocycles. The third-order valence-corrected chi connectivity index (χ3v) is 5.29. The van der Waals surface area contributed by atoms with E-state index in [0.717, 1.165) is 19.2 Å².